The first-order chi connectivity index (χ1) is 8.67. The highest BCUT2D eigenvalue weighted by molar-refractivity contribution is 5.99. The third kappa shape index (κ3) is 2.32. The quantitative estimate of drug-likeness (QED) is 0.804. The van der Waals surface area contributed by atoms with Crippen molar-refractivity contribution in [2.24, 2.45) is 0 Å². The lowest BCUT2D eigenvalue weighted by Crippen LogP contribution is -2.30. The molecule has 0 saturated carbocycles. The van der Waals surface area contributed by atoms with Crippen molar-refractivity contribution in [1.82, 2.24) is 4.90 Å². The van der Waals surface area contributed by atoms with E-state index in [-0.39, 0.29) is 18.1 Å². The van der Waals surface area contributed by atoms with Crippen LogP contribution in [0.5, 0.6) is 0 Å². The minimum atomic E-state index is -0.0797. The van der Waals surface area contributed by atoms with Crippen molar-refractivity contribution >= 4 is 11.6 Å². The molecular formula is C13H18N2O3. The highest BCUT2D eigenvalue weighted by atomic mass is 16.5. The first kappa shape index (κ1) is 12.9. The average molecular weight is 250 g/mol. The number of nitrogens with zero attached hydrogens (tertiary/aromatic N) is 1. The SMILES string of the molecule is COC1CN(C(=O)c2ccccc2N)CC1OC. The summed E-state index contributed by atoms with van der Waals surface area (Å²) in [6, 6.07) is 7.08. The molecule has 2 atom stereocenters. The summed E-state index contributed by atoms with van der Waals surface area (Å²) in [5, 5.41) is 0. The lowest BCUT2D eigenvalue weighted by Gasteiger charge is -2.16. The molecule has 0 spiro atoms. The number of amides is 1. The second-order valence-corrected chi connectivity index (χ2v) is 4.35. The zero-order valence-corrected chi connectivity index (χ0v) is 10.6. The Morgan fingerprint density at radius 1 is 1.22 bits per heavy atom. The highest BCUT2D eigenvalue weighted by Crippen LogP contribution is 2.20. The molecule has 1 fully saturated rings. The molecule has 0 bridgehead atoms. The minimum Gasteiger partial charge on any atom is -0.398 e. The third-order valence-corrected chi connectivity index (χ3v) is 3.30. The molecule has 1 aliphatic rings. The number of nitrogen functional groups attached to an aromatic ring is 1. The van der Waals surface area contributed by atoms with E-state index in [1.807, 2.05) is 6.07 Å². The summed E-state index contributed by atoms with van der Waals surface area (Å²) in [6.07, 6.45) is -0.159. The predicted molar refractivity (Wildman–Crippen MR) is 68.4 cm³/mol. The highest BCUT2D eigenvalue weighted by Gasteiger charge is 2.36. The number of hydrogen-bond acceptors (Lipinski definition) is 4. The first-order valence-electron chi connectivity index (χ1n) is 5.86. The third-order valence-electron chi connectivity index (χ3n) is 3.30. The molecule has 0 radical (unpaired) electrons. The van der Waals surface area contributed by atoms with Crippen LogP contribution in [0.3, 0.4) is 0 Å². The summed E-state index contributed by atoms with van der Waals surface area (Å²) in [5.41, 5.74) is 6.84. The maximum absolute atomic E-state index is 12.3. The molecule has 1 aliphatic heterocycles. The van der Waals surface area contributed by atoms with E-state index in [0.717, 1.165) is 0 Å². The van der Waals surface area contributed by atoms with Crippen LogP contribution in [-0.2, 0) is 9.47 Å². The number of para-hydroxylation sites is 1. The van der Waals surface area contributed by atoms with Crippen LogP contribution in [0.15, 0.2) is 24.3 Å². The number of ether oxygens (including phenoxy) is 2. The lowest BCUT2D eigenvalue weighted by molar-refractivity contribution is -0.00461. The van der Waals surface area contributed by atoms with Gasteiger partial charge in [0.15, 0.2) is 0 Å². The van der Waals surface area contributed by atoms with E-state index in [2.05, 4.69) is 0 Å². The van der Waals surface area contributed by atoms with E-state index in [0.29, 0.717) is 24.3 Å². The summed E-state index contributed by atoms with van der Waals surface area (Å²) >= 11 is 0. The second-order valence-electron chi connectivity index (χ2n) is 4.35. The van der Waals surface area contributed by atoms with Gasteiger partial charge in [0.1, 0.15) is 12.2 Å². The van der Waals surface area contributed by atoms with Crippen molar-refractivity contribution in [3.05, 3.63) is 29.8 Å². The van der Waals surface area contributed by atoms with Crippen LogP contribution in [0.25, 0.3) is 0 Å². The van der Waals surface area contributed by atoms with Crippen molar-refractivity contribution in [1.29, 1.82) is 0 Å². The molecule has 1 aromatic rings. The smallest absolute Gasteiger partial charge is 0.256 e. The molecule has 5 heteroatoms. The summed E-state index contributed by atoms with van der Waals surface area (Å²) in [5.74, 6) is -0.0744. The Balaban J connectivity index is 2.14. The summed E-state index contributed by atoms with van der Waals surface area (Å²) < 4.78 is 10.6. The number of hydrogen-bond donors (Lipinski definition) is 1. The van der Waals surface area contributed by atoms with Crippen molar-refractivity contribution in [2.45, 2.75) is 12.2 Å². The molecule has 5 nitrogen and oxygen atoms in total. The predicted octanol–water partition coefficient (Wildman–Crippen LogP) is 0.755. The number of rotatable bonds is 3. The Bertz CT molecular complexity index is 424. The maximum Gasteiger partial charge on any atom is 0.256 e. The molecule has 0 aliphatic carbocycles. The number of nitrogens with two attached hydrogens (primary N) is 1. The van der Waals surface area contributed by atoms with E-state index < -0.39 is 0 Å². The van der Waals surface area contributed by atoms with Crippen LogP contribution in [0.4, 0.5) is 5.69 Å². The number of methoxy groups -OCH3 is 2. The number of carbonyl (C=O) groups is 1. The molecule has 0 aromatic heterocycles. The zero-order chi connectivity index (χ0) is 13.1. The van der Waals surface area contributed by atoms with Gasteiger partial charge in [-0.05, 0) is 12.1 Å². The summed E-state index contributed by atoms with van der Waals surface area (Å²) in [7, 11) is 3.25. The van der Waals surface area contributed by atoms with Crippen LogP contribution >= 0.6 is 0 Å². The molecule has 2 N–H and O–H groups in total. The van der Waals surface area contributed by atoms with Gasteiger partial charge in [-0.25, -0.2) is 0 Å². The van der Waals surface area contributed by atoms with Gasteiger partial charge >= 0.3 is 0 Å². The molecule has 1 heterocycles. The van der Waals surface area contributed by atoms with Gasteiger partial charge in [0.25, 0.3) is 5.91 Å². The van der Waals surface area contributed by atoms with Crippen LogP contribution in [0.1, 0.15) is 10.4 Å². The van der Waals surface area contributed by atoms with Crippen LogP contribution in [0, 0.1) is 0 Å². The van der Waals surface area contributed by atoms with Crippen molar-refractivity contribution in [3.8, 4) is 0 Å². The molecule has 1 aromatic carbocycles. The number of benzene rings is 1. The normalized spacial score (nSPS) is 23.3. The van der Waals surface area contributed by atoms with Crippen LogP contribution in [-0.4, -0.2) is 50.3 Å². The maximum atomic E-state index is 12.3. The largest absolute Gasteiger partial charge is 0.398 e. The lowest BCUT2D eigenvalue weighted by atomic mass is 10.1. The fraction of sp³-hybridized carbons (Fsp3) is 0.462. The Labute approximate surface area is 106 Å². The fourth-order valence-corrected chi connectivity index (χ4v) is 2.22. The van der Waals surface area contributed by atoms with E-state index in [1.165, 1.54) is 0 Å². The van der Waals surface area contributed by atoms with E-state index in [1.54, 1.807) is 37.3 Å². The Morgan fingerprint density at radius 2 is 1.78 bits per heavy atom. The van der Waals surface area contributed by atoms with Gasteiger partial charge in [0.05, 0.1) is 5.56 Å². The molecule has 2 rings (SSSR count). The first-order valence-corrected chi connectivity index (χ1v) is 5.86. The van der Waals surface area contributed by atoms with E-state index >= 15 is 0 Å². The van der Waals surface area contributed by atoms with Gasteiger partial charge in [0, 0.05) is 33.0 Å². The standard InChI is InChI=1S/C13H18N2O3/c1-17-11-7-15(8-12(11)18-2)13(16)9-5-3-4-6-10(9)14/h3-6,11-12H,7-8,14H2,1-2H3. The average Bonchev–Trinajstić information content (AvgIpc) is 2.81. The Hall–Kier alpha value is -1.59. The fourth-order valence-electron chi connectivity index (χ4n) is 2.22. The molecule has 98 valence electrons. The van der Waals surface area contributed by atoms with Gasteiger partial charge in [-0.2, -0.15) is 0 Å². The van der Waals surface area contributed by atoms with Gasteiger partial charge in [-0.3, -0.25) is 4.79 Å². The van der Waals surface area contributed by atoms with Gasteiger partial charge in [-0.15, -0.1) is 0 Å². The van der Waals surface area contributed by atoms with Crippen molar-refractivity contribution < 1.29 is 14.3 Å². The van der Waals surface area contributed by atoms with Crippen molar-refractivity contribution in [2.75, 3.05) is 33.0 Å². The van der Waals surface area contributed by atoms with E-state index in [9.17, 15) is 4.79 Å². The van der Waals surface area contributed by atoms with Crippen LogP contribution < -0.4 is 5.73 Å². The van der Waals surface area contributed by atoms with Gasteiger partial charge in [-0.1, -0.05) is 12.1 Å². The second kappa shape index (κ2) is 5.37. The zero-order valence-electron chi connectivity index (χ0n) is 10.6. The van der Waals surface area contributed by atoms with Gasteiger partial charge in [0.2, 0.25) is 0 Å². The van der Waals surface area contributed by atoms with Crippen molar-refractivity contribution in [3.63, 3.8) is 0 Å². The monoisotopic (exact) mass is 250 g/mol. The van der Waals surface area contributed by atoms with Crippen LogP contribution in [0.2, 0.25) is 0 Å². The molecule has 2 unspecified atom stereocenters. The number of likely N-dealkylation sites (tertiary alicyclic amines) is 1. The minimum absolute atomic E-state index is 0.0744. The number of anilines is 1. The topological polar surface area (TPSA) is 64.8 Å². The summed E-state index contributed by atoms with van der Waals surface area (Å²) in [4.78, 5) is 14.0. The number of carbonyl (C=O) groups excluding carboxylic acids is 1. The molecule has 18 heavy (non-hydrogen) atoms. The van der Waals surface area contributed by atoms with Gasteiger partial charge < -0.3 is 20.1 Å². The molecule has 1 amide bonds. The van der Waals surface area contributed by atoms with E-state index in [4.69, 9.17) is 15.2 Å². The Kier molecular flexibility index (Phi) is 3.84. The molecular weight excluding hydrogens is 232 g/mol. The summed E-state index contributed by atoms with van der Waals surface area (Å²) in [6.45, 7) is 1.06. The molecule has 1 saturated heterocycles. The Morgan fingerprint density at radius 3 is 2.28 bits per heavy atom.